The number of anilines is 6. The first-order valence-electron chi connectivity index (χ1n) is 20.1. The second-order valence-electron chi connectivity index (χ2n) is 16.0. The fourth-order valence-corrected chi connectivity index (χ4v) is 8.37. The number of benzene rings is 7. The van der Waals surface area contributed by atoms with E-state index in [2.05, 4.69) is 219 Å². The van der Waals surface area contributed by atoms with Gasteiger partial charge in [0, 0.05) is 56.7 Å². The predicted octanol–water partition coefficient (Wildman–Crippen LogP) is 13.8. The van der Waals surface area contributed by atoms with E-state index in [9.17, 15) is 0 Å². The highest BCUT2D eigenvalue weighted by molar-refractivity contribution is 5.86. The summed E-state index contributed by atoms with van der Waals surface area (Å²) >= 11 is 0. The van der Waals surface area contributed by atoms with Gasteiger partial charge in [0.05, 0.1) is 0 Å². The van der Waals surface area contributed by atoms with Gasteiger partial charge in [-0.25, -0.2) is 0 Å². The average molecular weight is 745 g/mol. The average Bonchev–Trinajstić information content (AvgIpc) is 3.26. The van der Waals surface area contributed by atoms with Crippen LogP contribution in [-0.4, -0.2) is 6.04 Å². The van der Waals surface area contributed by atoms with Crippen LogP contribution < -0.4 is 21.3 Å². The topological polar surface area (TPSA) is 48.1 Å². The van der Waals surface area contributed by atoms with Crippen LogP contribution in [0.5, 0.6) is 0 Å². The van der Waals surface area contributed by atoms with Crippen LogP contribution in [0, 0.1) is 5.92 Å². The minimum absolute atomic E-state index is 0.00877. The van der Waals surface area contributed by atoms with E-state index < -0.39 is 0 Å². The molecule has 0 aliphatic carbocycles. The number of fused-ring (bicyclic) bond motifs is 2. The second kappa shape index (κ2) is 16.3. The van der Waals surface area contributed by atoms with Gasteiger partial charge in [-0.2, -0.15) is 0 Å². The number of hydrogen-bond donors (Lipinski definition) is 4. The molecule has 284 valence electrons. The lowest BCUT2D eigenvalue weighted by molar-refractivity contribution is 0.387. The highest BCUT2D eigenvalue weighted by atomic mass is 15.0. The van der Waals surface area contributed by atoms with Crippen molar-refractivity contribution in [1.29, 1.82) is 0 Å². The van der Waals surface area contributed by atoms with Gasteiger partial charge >= 0.3 is 0 Å². The molecule has 3 atom stereocenters. The van der Waals surface area contributed by atoms with Crippen LogP contribution in [0.4, 0.5) is 34.1 Å². The van der Waals surface area contributed by atoms with E-state index in [0.717, 1.165) is 40.6 Å². The van der Waals surface area contributed by atoms with Crippen molar-refractivity contribution in [1.82, 2.24) is 0 Å². The summed E-state index contributed by atoms with van der Waals surface area (Å²) in [4.78, 5) is 0. The summed E-state index contributed by atoms with van der Waals surface area (Å²) in [6.45, 7) is 9.31. The number of para-hydroxylation sites is 2. The minimum Gasteiger partial charge on any atom is -0.382 e. The molecule has 0 bridgehead atoms. The van der Waals surface area contributed by atoms with Crippen molar-refractivity contribution < 1.29 is 0 Å². The lowest BCUT2D eigenvalue weighted by Crippen LogP contribution is -2.41. The van der Waals surface area contributed by atoms with Gasteiger partial charge in [-0.3, -0.25) is 0 Å². The molecule has 0 aromatic heterocycles. The van der Waals surface area contributed by atoms with E-state index in [0.29, 0.717) is 12.0 Å². The molecule has 0 spiro atoms. The first-order chi connectivity index (χ1) is 27.8. The third kappa shape index (κ3) is 8.08. The van der Waals surface area contributed by atoms with Gasteiger partial charge in [0.1, 0.15) is 0 Å². The van der Waals surface area contributed by atoms with Crippen molar-refractivity contribution in [3.05, 3.63) is 222 Å². The maximum absolute atomic E-state index is 3.78. The fourth-order valence-electron chi connectivity index (χ4n) is 8.37. The Hall–Kier alpha value is -6.52. The summed E-state index contributed by atoms with van der Waals surface area (Å²) in [5.41, 5.74) is 14.2. The molecular formula is C53H52N4. The van der Waals surface area contributed by atoms with Crippen molar-refractivity contribution in [3.8, 4) is 0 Å². The largest absolute Gasteiger partial charge is 0.382 e. The standard InChI is InChI=1S/C28H24N2.C25H28N2/c1-28(22-13-7-3-8-14-22)20-27(21-11-5-2-6-12-21)30-26-18-17-24(19-25(26)28)29-23-15-9-4-10-16-23;1-18(2)24-17-25(3,19-10-6-4-7-11-19)22-16-21(14-15-23(22)27-24)26-20-12-8-5-9-13-20/h2-20,29-30H,1H3;4-16,18,24,26-27H,17H2,1-3H3. The van der Waals surface area contributed by atoms with E-state index in [1.165, 1.54) is 33.5 Å². The Bertz CT molecular complexity index is 2430. The van der Waals surface area contributed by atoms with E-state index in [1.807, 2.05) is 24.3 Å². The van der Waals surface area contributed by atoms with E-state index in [-0.39, 0.29) is 10.8 Å². The molecular weight excluding hydrogens is 693 g/mol. The van der Waals surface area contributed by atoms with Crippen LogP contribution in [0.2, 0.25) is 0 Å². The Balaban J connectivity index is 0.000000161. The van der Waals surface area contributed by atoms with Crippen molar-refractivity contribution in [2.24, 2.45) is 5.92 Å². The highest BCUT2D eigenvalue weighted by Crippen LogP contribution is 2.47. The lowest BCUT2D eigenvalue weighted by atomic mass is 9.67. The Morgan fingerprint density at radius 1 is 0.509 bits per heavy atom. The summed E-state index contributed by atoms with van der Waals surface area (Å²) in [7, 11) is 0. The molecule has 3 unspecified atom stereocenters. The third-order valence-corrected chi connectivity index (χ3v) is 11.7. The summed E-state index contributed by atoms with van der Waals surface area (Å²) in [5.74, 6) is 0.586. The molecule has 0 amide bonds. The Labute approximate surface area is 338 Å². The molecule has 4 heteroatoms. The highest BCUT2D eigenvalue weighted by Gasteiger charge is 2.39. The molecule has 4 N–H and O–H groups in total. The Morgan fingerprint density at radius 3 is 1.53 bits per heavy atom. The third-order valence-electron chi connectivity index (χ3n) is 11.7. The van der Waals surface area contributed by atoms with Gasteiger partial charge in [-0.05, 0) is 114 Å². The monoisotopic (exact) mass is 744 g/mol. The molecule has 0 radical (unpaired) electrons. The number of allylic oxidation sites excluding steroid dienone is 1. The molecule has 0 fully saturated rings. The van der Waals surface area contributed by atoms with Crippen LogP contribution in [-0.2, 0) is 10.8 Å². The van der Waals surface area contributed by atoms with E-state index in [4.69, 9.17) is 0 Å². The quantitative estimate of drug-likeness (QED) is 0.125. The smallest absolute Gasteiger partial charge is 0.0430 e. The van der Waals surface area contributed by atoms with Crippen LogP contribution >= 0.6 is 0 Å². The van der Waals surface area contributed by atoms with Gasteiger partial charge in [-0.15, -0.1) is 0 Å². The normalized spacial score (nSPS) is 19.3. The van der Waals surface area contributed by atoms with E-state index in [1.54, 1.807) is 0 Å². The van der Waals surface area contributed by atoms with Crippen molar-refractivity contribution in [2.45, 2.75) is 51.0 Å². The predicted molar refractivity (Wildman–Crippen MR) is 243 cm³/mol. The molecule has 2 aliphatic rings. The zero-order valence-corrected chi connectivity index (χ0v) is 33.3. The van der Waals surface area contributed by atoms with Crippen LogP contribution in [0.3, 0.4) is 0 Å². The molecule has 57 heavy (non-hydrogen) atoms. The molecule has 2 heterocycles. The SMILES string of the molecule is CC(C)C1CC(C)(c2ccccc2)c2cc(Nc3ccccc3)ccc2N1.CC1(c2ccccc2)C=C(c2ccccc2)Nc2ccc(Nc3ccccc3)cc21. The summed E-state index contributed by atoms with van der Waals surface area (Å²) in [6.07, 6.45) is 3.45. The zero-order valence-electron chi connectivity index (χ0n) is 33.3. The molecule has 2 aliphatic heterocycles. The second-order valence-corrected chi connectivity index (χ2v) is 16.0. The molecule has 4 nitrogen and oxygen atoms in total. The molecule has 0 saturated carbocycles. The van der Waals surface area contributed by atoms with Gasteiger partial charge in [0.2, 0.25) is 0 Å². The van der Waals surface area contributed by atoms with Gasteiger partial charge in [-0.1, -0.05) is 148 Å². The first kappa shape index (κ1) is 37.4. The van der Waals surface area contributed by atoms with Gasteiger partial charge in [0.25, 0.3) is 0 Å². The van der Waals surface area contributed by atoms with Crippen molar-refractivity contribution in [2.75, 3.05) is 21.3 Å². The summed E-state index contributed by atoms with van der Waals surface area (Å²) < 4.78 is 0. The molecule has 7 aromatic rings. The number of nitrogens with one attached hydrogen (secondary N) is 4. The van der Waals surface area contributed by atoms with Crippen LogP contribution in [0.1, 0.15) is 61.9 Å². The Morgan fingerprint density at radius 2 is 0.982 bits per heavy atom. The Kier molecular flexibility index (Phi) is 10.7. The molecule has 7 aromatic carbocycles. The van der Waals surface area contributed by atoms with Crippen LogP contribution in [0.15, 0.2) is 194 Å². The first-order valence-corrected chi connectivity index (χ1v) is 20.1. The van der Waals surface area contributed by atoms with Gasteiger partial charge in [0.15, 0.2) is 0 Å². The van der Waals surface area contributed by atoms with E-state index >= 15 is 0 Å². The summed E-state index contributed by atoms with van der Waals surface area (Å²) in [5, 5.41) is 14.5. The van der Waals surface area contributed by atoms with Crippen molar-refractivity contribution in [3.63, 3.8) is 0 Å². The molecule has 0 saturated heterocycles. The van der Waals surface area contributed by atoms with Crippen molar-refractivity contribution >= 4 is 39.8 Å². The van der Waals surface area contributed by atoms with Crippen LogP contribution in [0.25, 0.3) is 5.70 Å². The number of hydrogen-bond acceptors (Lipinski definition) is 4. The maximum Gasteiger partial charge on any atom is 0.0430 e. The summed E-state index contributed by atoms with van der Waals surface area (Å²) in [6, 6.07) is 66.6. The lowest BCUT2D eigenvalue weighted by Gasteiger charge is -2.43. The number of rotatable bonds is 8. The molecule has 9 rings (SSSR count). The maximum atomic E-state index is 3.78. The zero-order chi connectivity index (χ0) is 39.2. The minimum atomic E-state index is -0.249. The fraction of sp³-hybridized carbons (Fsp3) is 0.170. The van der Waals surface area contributed by atoms with Gasteiger partial charge < -0.3 is 21.3 Å².